The lowest BCUT2D eigenvalue weighted by atomic mass is 10.1. The second kappa shape index (κ2) is 9.02. The average Bonchev–Trinajstić information content (AvgIpc) is 3.24. The van der Waals surface area contributed by atoms with E-state index in [0.717, 1.165) is 20.5 Å². The Morgan fingerprint density at radius 3 is 2.67 bits per heavy atom. The Morgan fingerprint density at radius 2 is 1.90 bits per heavy atom. The van der Waals surface area contributed by atoms with Crippen molar-refractivity contribution in [1.82, 2.24) is 15.1 Å². The molecule has 30 heavy (non-hydrogen) atoms. The summed E-state index contributed by atoms with van der Waals surface area (Å²) < 4.78 is 6.76. The molecule has 2 heterocycles. The van der Waals surface area contributed by atoms with E-state index in [-0.39, 0.29) is 5.25 Å². The Kier molecular flexibility index (Phi) is 6.20. The number of nitrogens with zero attached hydrogens (tertiary/aromatic N) is 3. The van der Waals surface area contributed by atoms with Crippen LogP contribution in [0.15, 0.2) is 74.7 Å². The lowest BCUT2D eigenvalue weighted by Crippen LogP contribution is -1.99. The van der Waals surface area contributed by atoms with Crippen LogP contribution in [0.4, 0.5) is 5.82 Å². The standard InChI is InChI=1S/C23H21BrN4OS/c1-14-9-10-18(12-15(14)2)30-20(16-6-4-7-17(24)13-16)23-27-22(28-29-23)19-8-5-11-26-21(19)25-3/h4-13,20H,1-3H3,(H,25,26). The zero-order chi connectivity index (χ0) is 21.1. The van der Waals surface area contributed by atoms with Gasteiger partial charge in [-0.15, -0.1) is 11.8 Å². The number of nitrogens with one attached hydrogen (secondary N) is 1. The number of pyridine rings is 1. The Balaban J connectivity index is 1.74. The number of halogens is 1. The summed E-state index contributed by atoms with van der Waals surface area (Å²) in [7, 11) is 1.83. The minimum Gasteiger partial charge on any atom is -0.373 e. The maximum atomic E-state index is 5.75. The number of aryl methyl sites for hydroxylation is 2. The molecule has 0 saturated heterocycles. The van der Waals surface area contributed by atoms with Gasteiger partial charge in [-0.05, 0) is 66.9 Å². The van der Waals surface area contributed by atoms with Crippen LogP contribution in [0.1, 0.15) is 27.8 Å². The average molecular weight is 481 g/mol. The number of aromatic nitrogens is 3. The first-order valence-electron chi connectivity index (χ1n) is 9.51. The first kappa shape index (κ1) is 20.6. The molecule has 152 valence electrons. The highest BCUT2D eigenvalue weighted by Crippen LogP contribution is 2.41. The van der Waals surface area contributed by atoms with Crippen LogP contribution >= 0.6 is 27.7 Å². The van der Waals surface area contributed by atoms with Crippen LogP contribution < -0.4 is 5.32 Å². The van der Waals surface area contributed by atoms with Crippen molar-refractivity contribution in [2.45, 2.75) is 24.0 Å². The molecule has 0 aliphatic heterocycles. The van der Waals surface area contributed by atoms with Gasteiger partial charge in [0.15, 0.2) is 0 Å². The molecule has 1 atom stereocenters. The van der Waals surface area contributed by atoms with Crippen LogP contribution in [-0.2, 0) is 0 Å². The molecule has 0 aliphatic rings. The number of anilines is 1. The third-order valence-corrected chi connectivity index (χ3v) is 6.56. The minimum absolute atomic E-state index is 0.138. The molecule has 7 heteroatoms. The fraction of sp³-hybridized carbons (Fsp3) is 0.174. The predicted octanol–water partition coefficient (Wildman–Crippen LogP) is 6.43. The van der Waals surface area contributed by atoms with Gasteiger partial charge >= 0.3 is 0 Å². The number of benzene rings is 2. The molecule has 0 fully saturated rings. The van der Waals surface area contributed by atoms with E-state index in [2.05, 4.69) is 75.6 Å². The molecule has 5 nitrogen and oxygen atoms in total. The summed E-state index contributed by atoms with van der Waals surface area (Å²) in [5, 5.41) is 7.19. The molecular weight excluding hydrogens is 460 g/mol. The summed E-state index contributed by atoms with van der Waals surface area (Å²) in [6, 6.07) is 18.5. The van der Waals surface area contributed by atoms with Crippen LogP contribution in [-0.4, -0.2) is 22.2 Å². The summed E-state index contributed by atoms with van der Waals surface area (Å²) in [4.78, 5) is 10.2. The topological polar surface area (TPSA) is 63.8 Å². The maximum absolute atomic E-state index is 5.75. The van der Waals surface area contributed by atoms with Crippen LogP contribution in [0, 0.1) is 13.8 Å². The fourth-order valence-electron chi connectivity index (χ4n) is 3.09. The van der Waals surface area contributed by atoms with Gasteiger partial charge in [-0.2, -0.15) is 4.98 Å². The molecule has 0 spiro atoms. The summed E-state index contributed by atoms with van der Waals surface area (Å²) >= 11 is 5.27. The van der Waals surface area contributed by atoms with Crippen molar-refractivity contribution in [3.05, 3.63) is 87.8 Å². The van der Waals surface area contributed by atoms with E-state index < -0.39 is 0 Å². The van der Waals surface area contributed by atoms with Crippen molar-refractivity contribution >= 4 is 33.5 Å². The van der Waals surface area contributed by atoms with E-state index in [1.54, 1.807) is 18.0 Å². The van der Waals surface area contributed by atoms with Gasteiger partial charge < -0.3 is 9.84 Å². The fourth-order valence-corrected chi connectivity index (χ4v) is 4.65. The first-order valence-corrected chi connectivity index (χ1v) is 11.2. The molecular formula is C23H21BrN4OS. The molecule has 2 aromatic heterocycles. The van der Waals surface area contributed by atoms with Gasteiger partial charge in [-0.1, -0.05) is 39.3 Å². The molecule has 0 radical (unpaired) electrons. The number of hydrogen-bond donors (Lipinski definition) is 1. The van der Waals surface area contributed by atoms with Crippen LogP contribution in [0.2, 0.25) is 0 Å². The number of thioether (sulfide) groups is 1. The van der Waals surface area contributed by atoms with E-state index in [1.807, 2.05) is 31.3 Å². The minimum atomic E-state index is -0.138. The highest BCUT2D eigenvalue weighted by molar-refractivity contribution is 9.10. The van der Waals surface area contributed by atoms with Gasteiger partial charge in [-0.3, -0.25) is 0 Å². The quantitative estimate of drug-likeness (QED) is 0.320. The number of rotatable bonds is 6. The first-order chi connectivity index (χ1) is 14.5. The Hall–Kier alpha value is -2.64. The van der Waals surface area contributed by atoms with Gasteiger partial charge in [0.05, 0.1) is 5.56 Å². The zero-order valence-electron chi connectivity index (χ0n) is 16.9. The normalized spacial score (nSPS) is 12.0. The van der Waals surface area contributed by atoms with Crippen LogP contribution in [0.5, 0.6) is 0 Å². The SMILES string of the molecule is CNc1ncccc1-c1noc(C(Sc2ccc(C)c(C)c2)c2cccc(Br)c2)n1. The summed E-state index contributed by atoms with van der Waals surface area (Å²) in [5.41, 5.74) is 4.42. The van der Waals surface area contributed by atoms with Crippen molar-refractivity contribution in [1.29, 1.82) is 0 Å². The van der Waals surface area contributed by atoms with E-state index in [0.29, 0.717) is 17.5 Å². The molecule has 1 N–H and O–H groups in total. The maximum Gasteiger partial charge on any atom is 0.244 e. The second-order valence-electron chi connectivity index (χ2n) is 6.90. The molecule has 4 aromatic rings. The van der Waals surface area contributed by atoms with E-state index in [4.69, 9.17) is 9.51 Å². The largest absolute Gasteiger partial charge is 0.373 e. The molecule has 0 aliphatic carbocycles. The summed E-state index contributed by atoms with van der Waals surface area (Å²) in [6.45, 7) is 4.24. The van der Waals surface area contributed by atoms with Gasteiger partial charge in [0.25, 0.3) is 0 Å². The second-order valence-corrected chi connectivity index (χ2v) is 9.00. The summed E-state index contributed by atoms with van der Waals surface area (Å²) in [5.74, 6) is 1.78. The smallest absolute Gasteiger partial charge is 0.244 e. The molecule has 0 saturated carbocycles. The van der Waals surface area contributed by atoms with Crippen LogP contribution in [0.3, 0.4) is 0 Å². The summed E-state index contributed by atoms with van der Waals surface area (Å²) in [6.07, 6.45) is 1.73. The lowest BCUT2D eigenvalue weighted by molar-refractivity contribution is 0.384. The molecule has 0 bridgehead atoms. The Morgan fingerprint density at radius 1 is 1.03 bits per heavy atom. The van der Waals surface area contributed by atoms with E-state index in [9.17, 15) is 0 Å². The monoisotopic (exact) mass is 480 g/mol. The van der Waals surface area contributed by atoms with Crippen molar-refractivity contribution < 1.29 is 4.52 Å². The van der Waals surface area contributed by atoms with Gasteiger partial charge in [-0.25, -0.2) is 4.98 Å². The highest BCUT2D eigenvalue weighted by Gasteiger charge is 2.24. The van der Waals surface area contributed by atoms with Gasteiger partial charge in [0.2, 0.25) is 11.7 Å². The van der Waals surface area contributed by atoms with Crippen LogP contribution in [0.25, 0.3) is 11.4 Å². The molecule has 2 aromatic carbocycles. The third kappa shape index (κ3) is 4.42. The molecule has 1 unspecified atom stereocenters. The van der Waals surface area contributed by atoms with Gasteiger partial charge in [0, 0.05) is 22.6 Å². The molecule has 4 rings (SSSR count). The Labute approximate surface area is 188 Å². The number of hydrogen-bond acceptors (Lipinski definition) is 6. The van der Waals surface area contributed by atoms with Crippen molar-refractivity contribution in [3.8, 4) is 11.4 Å². The van der Waals surface area contributed by atoms with Gasteiger partial charge in [0.1, 0.15) is 11.1 Å². The van der Waals surface area contributed by atoms with Crippen molar-refractivity contribution in [3.63, 3.8) is 0 Å². The zero-order valence-corrected chi connectivity index (χ0v) is 19.3. The van der Waals surface area contributed by atoms with E-state index >= 15 is 0 Å². The lowest BCUT2D eigenvalue weighted by Gasteiger charge is -2.14. The van der Waals surface area contributed by atoms with Crippen molar-refractivity contribution in [2.75, 3.05) is 12.4 Å². The van der Waals surface area contributed by atoms with E-state index in [1.165, 1.54) is 11.1 Å². The van der Waals surface area contributed by atoms with Crippen molar-refractivity contribution in [2.24, 2.45) is 0 Å². The highest BCUT2D eigenvalue weighted by atomic mass is 79.9. The molecule has 0 amide bonds. The predicted molar refractivity (Wildman–Crippen MR) is 125 cm³/mol. The third-order valence-electron chi connectivity index (χ3n) is 4.84. The Bertz CT molecular complexity index is 1180.